The van der Waals surface area contributed by atoms with Crippen LogP contribution in [0.2, 0.25) is 0 Å². The van der Waals surface area contributed by atoms with Crippen LogP contribution in [0.15, 0.2) is 34.7 Å². The molecule has 3 heterocycles. The van der Waals surface area contributed by atoms with Crippen LogP contribution in [0.25, 0.3) is 0 Å². The topological polar surface area (TPSA) is 62.5 Å². The highest BCUT2D eigenvalue weighted by Gasteiger charge is 2.52. The average molecular weight is 383 g/mol. The van der Waals surface area contributed by atoms with Crippen LogP contribution in [0.4, 0.5) is 0 Å². The van der Waals surface area contributed by atoms with Gasteiger partial charge in [-0.25, -0.2) is 0 Å². The Morgan fingerprint density at radius 3 is 2.54 bits per heavy atom. The summed E-state index contributed by atoms with van der Waals surface area (Å²) in [6.07, 6.45) is 2.10. The minimum atomic E-state index is 0.0124. The zero-order valence-corrected chi connectivity index (χ0v) is 17.1. The molecular formula is C22H30N4O2. The van der Waals surface area contributed by atoms with E-state index < -0.39 is 0 Å². The summed E-state index contributed by atoms with van der Waals surface area (Å²) in [7, 11) is 0. The Kier molecular flexibility index (Phi) is 5.23. The Hall–Kier alpha value is -2.21. The number of aryl methyl sites for hydroxylation is 1. The van der Waals surface area contributed by atoms with Gasteiger partial charge in [-0.15, -0.1) is 10.2 Å². The molecule has 2 saturated heterocycles. The van der Waals surface area contributed by atoms with Crippen LogP contribution in [-0.4, -0.2) is 52.1 Å². The summed E-state index contributed by atoms with van der Waals surface area (Å²) < 4.78 is 5.83. The third-order valence-electron chi connectivity index (χ3n) is 6.39. The lowest BCUT2D eigenvalue weighted by Crippen LogP contribution is -2.44. The molecule has 2 fully saturated rings. The number of amides is 1. The standard InChI is InChI=1S/C22H30N4O2/c1-16(2)21(27)26-14-19(20-24-23-17(3)28-20)22(15-26)9-11-25(12-10-22)13-18-7-5-4-6-8-18/h4-8,16,19H,9-15H2,1-3H3. The van der Waals surface area contributed by atoms with Gasteiger partial charge in [-0.2, -0.15) is 0 Å². The lowest BCUT2D eigenvalue weighted by atomic mass is 9.70. The van der Waals surface area contributed by atoms with Crippen LogP contribution in [0.1, 0.15) is 50.0 Å². The van der Waals surface area contributed by atoms with E-state index in [1.54, 1.807) is 0 Å². The van der Waals surface area contributed by atoms with Crippen molar-refractivity contribution in [3.8, 4) is 0 Å². The molecule has 0 aliphatic carbocycles. The van der Waals surface area contributed by atoms with Gasteiger partial charge in [0.25, 0.3) is 0 Å². The molecule has 150 valence electrons. The molecule has 0 N–H and O–H groups in total. The second kappa shape index (κ2) is 7.66. The number of carbonyl (C=O) groups excluding carboxylic acids is 1. The van der Waals surface area contributed by atoms with Gasteiger partial charge in [0, 0.05) is 37.9 Å². The lowest BCUT2D eigenvalue weighted by molar-refractivity contribution is -0.133. The quantitative estimate of drug-likeness (QED) is 0.812. The van der Waals surface area contributed by atoms with Gasteiger partial charge in [-0.1, -0.05) is 44.2 Å². The highest BCUT2D eigenvalue weighted by Crippen LogP contribution is 2.49. The first kappa shape index (κ1) is 19.1. The summed E-state index contributed by atoms with van der Waals surface area (Å²) in [5.74, 6) is 1.67. The highest BCUT2D eigenvalue weighted by atomic mass is 16.4. The van der Waals surface area contributed by atoms with E-state index in [0.29, 0.717) is 18.3 Å². The molecule has 1 aromatic carbocycles. The van der Waals surface area contributed by atoms with E-state index in [1.165, 1.54) is 5.56 Å². The predicted molar refractivity (Wildman–Crippen MR) is 107 cm³/mol. The number of aromatic nitrogens is 2. The minimum Gasteiger partial charge on any atom is -0.425 e. The molecule has 1 spiro atoms. The Bertz CT molecular complexity index is 809. The van der Waals surface area contributed by atoms with E-state index in [0.717, 1.165) is 39.0 Å². The van der Waals surface area contributed by atoms with Gasteiger partial charge >= 0.3 is 0 Å². The van der Waals surface area contributed by atoms with Crippen molar-refractivity contribution in [3.05, 3.63) is 47.7 Å². The van der Waals surface area contributed by atoms with Crippen LogP contribution in [-0.2, 0) is 11.3 Å². The fourth-order valence-corrected chi connectivity index (χ4v) is 4.80. The molecule has 0 saturated carbocycles. The van der Waals surface area contributed by atoms with E-state index in [1.807, 2.05) is 25.7 Å². The molecular weight excluding hydrogens is 352 g/mol. The molecule has 6 heteroatoms. The summed E-state index contributed by atoms with van der Waals surface area (Å²) in [6, 6.07) is 10.6. The zero-order valence-electron chi connectivity index (χ0n) is 17.1. The van der Waals surface area contributed by atoms with E-state index >= 15 is 0 Å². The monoisotopic (exact) mass is 382 g/mol. The Balaban J connectivity index is 1.51. The normalized spacial score (nSPS) is 22.3. The maximum atomic E-state index is 12.7. The van der Waals surface area contributed by atoms with Crippen molar-refractivity contribution < 1.29 is 9.21 Å². The Morgan fingerprint density at radius 2 is 1.93 bits per heavy atom. The van der Waals surface area contributed by atoms with E-state index in [4.69, 9.17) is 4.42 Å². The maximum Gasteiger partial charge on any atom is 0.225 e. The lowest BCUT2D eigenvalue weighted by Gasteiger charge is -2.41. The van der Waals surface area contributed by atoms with Gasteiger partial charge < -0.3 is 9.32 Å². The van der Waals surface area contributed by atoms with Gasteiger partial charge in [0.05, 0.1) is 5.92 Å². The first-order chi connectivity index (χ1) is 13.5. The first-order valence-electron chi connectivity index (χ1n) is 10.3. The van der Waals surface area contributed by atoms with E-state index in [2.05, 4.69) is 45.4 Å². The third-order valence-corrected chi connectivity index (χ3v) is 6.39. The summed E-state index contributed by atoms with van der Waals surface area (Å²) in [6.45, 7) is 10.3. The van der Waals surface area contributed by atoms with Crippen molar-refractivity contribution in [2.75, 3.05) is 26.2 Å². The van der Waals surface area contributed by atoms with Crippen LogP contribution in [0, 0.1) is 18.3 Å². The molecule has 2 aliphatic rings. The first-order valence-corrected chi connectivity index (χ1v) is 10.3. The molecule has 2 aliphatic heterocycles. The predicted octanol–water partition coefficient (Wildman–Crippen LogP) is 3.24. The third kappa shape index (κ3) is 3.70. The van der Waals surface area contributed by atoms with Crippen molar-refractivity contribution in [3.63, 3.8) is 0 Å². The summed E-state index contributed by atoms with van der Waals surface area (Å²) in [5.41, 5.74) is 1.39. The SMILES string of the molecule is Cc1nnc(C2CN(C(=O)C(C)C)CC23CCN(Cc2ccccc2)CC3)o1. The molecule has 28 heavy (non-hydrogen) atoms. The second-order valence-electron chi connectivity index (χ2n) is 8.71. The molecule has 1 atom stereocenters. The fourth-order valence-electron chi connectivity index (χ4n) is 4.80. The van der Waals surface area contributed by atoms with Gasteiger partial charge in [0.2, 0.25) is 17.7 Å². The van der Waals surface area contributed by atoms with Gasteiger partial charge in [0.1, 0.15) is 0 Å². The minimum absolute atomic E-state index is 0.0124. The van der Waals surface area contributed by atoms with Gasteiger partial charge in [0.15, 0.2) is 0 Å². The molecule has 0 bridgehead atoms. The molecule has 1 unspecified atom stereocenters. The van der Waals surface area contributed by atoms with Crippen molar-refractivity contribution in [2.24, 2.45) is 11.3 Å². The van der Waals surface area contributed by atoms with E-state index in [-0.39, 0.29) is 23.2 Å². The smallest absolute Gasteiger partial charge is 0.225 e. The zero-order chi connectivity index (χ0) is 19.7. The summed E-state index contributed by atoms with van der Waals surface area (Å²) >= 11 is 0. The average Bonchev–Trinajstić information content (AvgIpc) is 3.28. The second-order valence-corrected chi connectivity index (χ2v) is 8.71. The number of benzene rings is 1. The summed E-state index contributed by atoms with van der Waals surface area (Å²) in [4.78, 5) is 17.3. The molecule has 6 nitrogen and oxygen atoms in total. The molecule has 1 aromatic heterocycles. The van der Waals surface area contributed by atoms with Crippen molar-refractivity contribution >= 4 is 5.91 Å². The van der Waals surface area contributed by atoms with Crippen molar-refractivity contribution in [1.29, 1.82) is 0 Å². The van der Waals surface area contributed by atoms with Crippen molar-refractivity contribution in [1.82, 2.24) is 20.0 Å². The van der Waals surface area contributed by atoms with Crippen LogP contribution >= 0.6 is 0 Å². The van der Waals surface area contributed by atoms with Crippen molar-refractivity contribution in [2.45, 2.75) is 46.1 Å². The Labute approximate surface area is 166 Å². The fraction of sp³-hybridized carbons (Fsp3) is 0.591. The number of hydrogen-bond donors (Lipinski definition) is 0. The van der Waals surface area contributed by atoms with E-state index in [9.17, 15) is 4.79 Å². The maximum absolute atomic E-state index is 12.7. The van der Waals surface area contributed by atoms with Crippen LogP contribution in [0.5, 0.6) is 0 Å². The van der Waals surface area contributed by atoms with Gasteiger partial charge in [-0.3, -0.25) is 9.69 Å². The number of piperidine rings is 1. The van der Waals surface area contributed by atoms with Crippen LogP contribution < -0.4 is 0 Å². The Morgan fingerprint density at radius 1 is 1.21 bits per heavy atom. The van der Waals surface area contributed by atoms with Crippen LogP contribution in [0.3, 0.4) is 0 Å². The molecule has 1 amide bonds. The number of rotatable bonds is 4. The van der Waals surface area contributed by atoms with Gasteiger partial charge in [-0.05, 0) is 31.5 Å². The number of nitrogens with zero attached hydrogens (tertiary/aromatic N) is 4. The number of carbonyl (C=O) groups is 1. The molecule has 2 aromatic rings. The summed E-state index contributed by atoms with van der Waals surface area (Å²) in [5, 5.41) is 8.39. The number of likely N-dealkylation sites (tertiary alicyclic amines) is 2. The number of hydrogen-bond acceptors (Lipinski definition) is 5. The highest BCUT2D eigenvalue weighted by molar-refractivity contribution is 5.78. The molecule has 4 rings (SSSR count). The molecule has 0 radical (unpaired) electrons. The largest absolute Gasteiger partial charge is 0.425 e.